The van der Waals surface area contributed by atoms with Crippen molar-refractivity contribution >= 4 is 23.6 Å². The minimum absolute atomic E-state index is 0.151. The molecule has 2 N–H and O–H groups in total. The molecular weight excluding hydrogens is 334 g/mol. The molecule has 0 aliphatic rings. The molecule has 1 amide bonds. The zero-order valence-electron chi connectivity index (χ0n) is 14.3. The number of carboxylic acid groups (broad SMARTS) is 1. The van der Waals surface area contributed by atoms with Crippen LogP contribution in [0.2, 0.25) is 0 Å². The third kappa shape index (κ3) is 5.56. The summed E-state index contributed by atoms with van der Waals surface area (Å²) in [5.41, 5.74) is 1.86. The fourth-order valence-electron chi connectivity index (χ4n) is 2.23. The van der Waals surface area contributed by atoms with E-state index in [4.69, 9.17) is 5.11 Å². The smallest absolute Gasteiger partial charge is 0.325 e. The number of unbranched alkanes of at least 4 members (excludes halogenated alkanes) is 1. The molecule has 1 aromatic heterocycles. The van der Waals surface area contributed by atoms with Gasteiger partial charge in [0, 0.05) is 5.69 Å². The Morgan fingerprint density at radius 1 is 1.35 bits per heavy atom. The van der Waals surface area contributed by atoms with Gasteiger partial charge >= 0.3 is 5.97 Å². The van der Waals surface area contributed by atoms with Gasteiger partial charge in [0.05, 0.1) is 6.20 Å². The summed E-state index contributed by atoms with van der Waals surface area (Å²) < 4.78 is 1.11. The van der Waals surface area contributed by atoms with Crippen molar-refractivity contribution in [3.8, 4) is 6.07 Å². The summed E-state index contributed by atoms with van der Waals surface area (Å²) in [6, 6.07) is 9.29. The van der Waals surface area contributed by atoms with E-state index in [0.717, 1.165) is 23.9 Å². The van der Waals surface area contributed by atoms with E-state index in [-0.39, 0.29) is 17.8 Å². The average Bonchev–Trinajstić information content (AvgIpc) is 3.05. The Morgan fingerprint density at radius 2 is 2.08 bits per heavy atom. The predicted octanol–water partition coefficient (Wildman–Crippen LogP) is 2.25. The van der Waals surface area contributed by atoms with Crippen molar-refractivity contribution in [1.29, 1.82) is 5.26 Å². The number of aryl methyl sites for hydroxylation is 1. The van der Waals surface area contributed by atoms with Crippen molar-refractivity contribution < 1.29 is 14.7 Å². The minimum Gasteiger partial charge on any atom is -0.480 e. The number of hydrogen-bond acceptors (Lipinski definition) is 5. The highest BCUT2D eigenvalue weighted by atomic mass is 16.4. The van der Waals surface area contributed by atoms with Crippen LogP contribution in [-0.4, -0.2) is 32.0 Å². The van der Waals surface area contributed by atoms with E-state index < -0.39 is 11.9 Å². The van der Waals surface area contributed by atoms with E-state index in [2.05, 4.69) is 22.6 Å². The Labute approximate surface area is 150 Å². The molecule has 134 valence electrons. The number of carboxylic acids is 1. The Bertz CT molecular complexity index is 846. The zero-order valence-corrected chi connectivity index (χ0v) is 14.3. The van der Waals surface area contributed by atoms with Crippen LogP contribution in [-0.2, 0) is 22.6 Å². The van der Waals surface area contributed by atoms with Gasteiger partial charge < -0.3 is 10.4 Å². The van der Waals surface area contributed by atoms with Crippen molar-refractivity contribution in [1.82, 2.24) is 15.0 Å². The molecule has 26 heavy (non-hydrogen) atoms. The molecule has 0 saturated carbocycles. The Hall–Kier alpha value is -3.47. The molecule has 8 nitrogen and oxygen atoms in total. The summed E-state index contributed by atoms with van der Waals surface area (Å²) in [7, 11) is 0. The molecule has 0 bridgehead atoms. The molecule has 0 radical (unpaired) electrons. The van der Waals surface area contributed by atoms with Crippen molar-refractivity contribution in [2.24, 2.45) is 0 Å². The predicted molar refractivity (Wildman–Crippen MR) is 94.9 cm³/mol. The second-order valence-corrected chi connectivity index (χ2v) is 5.66. The number of aliphatic carboxylic acids is 1. The van der Waals surface area contributed by atoms with Crippen molar-refractivity contribution in [3.05, 3.63) is 47.3 Å². The first-order valence-electron chi connectivity index (χ1n) is 8.16. The van der Waals surface area contributed by atoms with Gasteiger partial charge in [-0.2, -0.15) is 5.26 Å². The summed E-state index contributed by atoms with van der Waals surface area (Å²) in [6.07, 6.45) is 5.82. The molecule has 0 atom stereocenters. The summed E-state index contributed by atoms with van der Waals surface area (Å²) in [4.78, 5) is 22.9. The van der Waals surface area contributed by atoms with Crippen LogP contribution in [0.5, 0.6) is 0 Å². The van der Waals surface area contributed by atoms with Crippen molar-refractivity contribution in [2.75, 3.05) is 5.32 Å². The van der Waals surface area contributed by atoms with Gasteiger partial charge in [0.2, 0.25) is 0 Å². The summed E-state index contributed by atoms with van der Waals surface area (Å²) in [5, 5.41) is 27.9. The number of carbonyl (C=O) groups excluding carboxylic acids is 1. The van der Waals surface area contributed by atoms with Crippen LogP contribution in [0.15, 0.2) is 36.0 Å². The first-order valence-corrected chi connectivity index (χ1v) is 8.16. The van der Waals surface area contributed by atoms with Gasteiger partial charge in [-0.3, -0.25) is 9.59 Å². The summed E-state index contributed by atoms with van der Waals surface area (Å²) >= 11 is 0. The lowest BCUT2D eigenvalue weighted by Gasteiger charge is -2.05. The largest absolute Gasteiger partial charge is 0.480 e. The van der Waals surface area contributed by atoms with E-state index in [1.54, 1.807) is 12.1 Å². The van der Waals surface area contributed by atoms with Crippen LogP contribution in [0.4, 0.5) is 5.69 Å². The molecule has 2 aromatic rings. The molecule has 0 aliphatic heterocycles. The van der Waals surface area contributed by atoms with Crippen LogP contribution >= 0.6 is 0 Å². The lowest BCUT2D eigenvalue weighted by Crippen LogP contribution is -2.13. The highest BCUT2D eigenvalue weighted by Crippen LogP contribution is 2.13. The maximum Gasteiger partial charge on any atom is 0.325 e. The zero-order chi connectivity index (χ0) is 18.9. The molecule has 1 aromatic carbocycles. The number of carbonyl (C=O) groups is 2. The number of anilines is 1. The van der Waals surface area contributed by atoms with E-state index >= 15 is 0 Å². The van der Waals surface area contributed by atoms with Crippen LogP contribution in [0.3, 0.4) is 0 Å². The van der Waals surface area contributed by atoms with Gasteiger partial charge in [0.15, 0.2) is 0 Å². The number of aromatic nitrogens is 3. The standard InChI is InChI=1S/C18H19N5O3/c1-2-3-4-13-5-7-15(8-6-13)20-18(26)14(10-19)9-16-11-23(22-21-16)12-17(24)25/h5-9,11H,2-4,12H2,1H3,(H,20,26)(H,24,25)/b14-9-. The van der Waals surface area contributed by atoms with Gasteiger partial charge in [-0.15, -0.1) is 5.10 Å². The second kappa shape index (κ2) is 9.13. The number of nitrogens with one attached hydrogen (secondary N) is 1. The highest BCUT2D eigenvalue weighted by Gasteiger charge is 2.11. The summed E-state index contributed by atoms with van der Waals surface area (Å²) in [6.45, 7) is 1.78. The van der Waals surface area contributed by atoms with Gasteiger partial charge in [-0.05, 0) is 36.6 Å². The lowest BCUT2D eigenvalue weighted by molar-refractivity contribution is -0.137. The molecule has 0 spiro atoms. The number of amides is 1. The number of nitrogens with zero attached hydrogens (tertiary/aromatic N) is 4. The third-order valence-corrected chi connectivity index (χ3v) is 3.54. The lowest BCUT2D eigenvalue weighted by atomic mass is 10.1. The maximum atomic E-state index is 12.2. The number of nitriles is 1. The number of hydrogen-bond donors (Lipinski definition) is 2. The quantitative estimate of drug-likeness (QED) is 0.554. The van der Waals surface area contributed by atoms with Crippen LogP contribution in [0.1, 0.15) is 31.0 Å². The van der Waals surface area contributed by atoms with E-state index in [9.17, 15) is 14.9 Å². The SMILES string of the molecule is CCCCc1ccc(NC(=O)/C(C#N)=C\c2cn(CC(=O)O)nn2)cc1. The average molecular weight is 353 g/mol. The Balaban J connectivity index is 2.05. The molecule has 1 heterocycles. The van der Waals surface area contributed by atoms with Crippen LogP contribution in [0, 0.1) is 11.3 Å². The molecule has 0 aliphatic carbocycles. The van der Waals surface area contributed by atoms with Gasteiger partial charge in [-0.1, -0.05) is 30.7 Å². The van der Waals surface area contributed by atoms with Crippen LogP contribution < -0.4 is 5.32 Å². The Morgan fingerprint density at radius 3 is 2.69 bits per heavy atom. The number of rotatable bonds is 8. The minimum atomic E-state index is -1.06. The molecule has 8 heteroatoms. The first kappa shape index (κ1) is 18.9. The maximum absolute atomic E-state index is 12.2. The van der Waals surface area contributed by atoms with E-state index in [1.165, 1.54) is 17.8 Å². The summed E-state index contributed by atoms with van der Waals surface area (Å²) in [5.74, 6) is -1.63. The van der Waals surface area contributed by atoms with Gasteiger partial charge in [0.25, 0.3) is 5.91 Å². The third-order valence-electron chi connectivity index (χ3n) is 3.54. The highest BCUT2D eigenvalue weighted by molar-refractivity contribution is 6.09. The van der Waals surface area contributed by atoms with Crippen molar-refractivity contribution in [2.45, 2.75) is 32.7 Å². The van der Waals surface area contributed by atoms with Gasteiger partial charge in [0.1, 0.15) is 23.9 Å². The van der Waals surface area contributed by atoms with E-state index in [1.807, 2.05) is 18.2 Å². The topological polar surface area (TPSA) is 121 Å². The molecule has 0 unspecified atom stereocenters. The fourth-order valence-corrected chi connectivity index (χ4v) is 2.23. The molecule has 2 rings (SSSR count). The number of benzene rings is 1. The molecular formula is C18H19N5O3. The first-order chi connectivity index (χ1) is 12.5. The van der Waals surface area contributed by atoms with Crippen molar-refractivity contribution in [3.63, 3.8) is 0 Å². The second-order valence-electron chi connectivity index (χ2n) is 5.66. The fraction of sp³-hybridized carbons (Fsp3) is 0.278. The van der Waals surface area contributed by atoms with E-state index in [0.29, 0.717) is 5.69 Å². The normalized spacial score (nSPS) is 11.0. The molecule has 0 fully saturated rings. The van der Waals surface area contributed by atoms with Crippen LogP contribution in [0.25, 0.3) is 6.08 Å². The van der Waals surface area contributed by atoms with Gasteiger partial charge in [-0.25, -0.2) is 4.68 Å². The monoisotopic (exact) mass is 353 g/mol. The Kier molecular flexibility index (Phi) is 6.62. The molecule has 0 saturated heterocycles.